The van der Waals surface area contributed by atoms with Gasteiger partial charge in [-0.2, -0.15) is 0 Å². The van der Waals surface area contributed by atoms with Crippen molar-refractivity contribution in [1.29, 1.82) is 0 Å². The molecule has 1 N–H and O–H groups in total. The summed E-state index contributed by atoms with van der Waals surface area (Å²) in [5.74, 6) is 0. The Bertz CT molecular complexity index is 450. The molecule has 0 aliphatic carbocycles. The largest absolute Gasteiger partial charge is 0.386 e. The third-order valence-electron chi connectivity index (χ3n) is 2.02. The summed E-state index contributed by atoms with van der Waals surface area (Å²) in [7, 11) is 0. The van der Waals surface area contributed by atoms with Crippen LogP contribution in [0.15, 0.2) is 34.1 Å². The molecule has 4 heteroatoms. The van der Waals surface area contributed by atoms with Crippen molar-refractivity contribution in [1.82, 2.24) is 4.98 Å². The molecular formula is C11H10BrNOS. The third kappa shape index (κ3) is 2.45. The Morgan fingerprint density at radius 2 is 2.00 bits per heavy atom. The van der Waals surface area contributed by atoms with E-state index in [1.165, 1.54) is 11.3 Å². The fourth-order valence-corrected chi connectivity index (χ4v) is 2.27. The van der Waals surface area contributed by atoms with Crippen LogP contribution < -0.4 is 0 Å². The molecule has 0 aliphatic rings. The Morgan fingerprint density at radius 1 is 1.33 bits per heavy atom. The topological polar surface area (TPSA) is 33.1 Å². The Balaban J connectivity index is 2.33. The van der Waals surface area contributed by atoms with Crippen LogP contribution in [-0.4, -0.2) is 10.1 Å². The molecule has 0 aliphatic heterocycles. The van der Waals surface area contributed by atoms with E-state index in [-0.39, 0.29) is 0 Å². The number of aromatic nitrogens is 1. The van der Waals surface area contributed by atoms with Crippen molar-refractivity contribution >= 4 is 27.3 Å². The van der Waals surface area contributed by atoms with Crippen LogP contribution in [0.1, 0.15) is 18.0 Å². The zero-order chi connectivity index (χ0) is 10.8. The maximum absolute atomic E-state index is 9.37. The summed E-state index contributed by atoms with van der Waals surface area (Å²) >= 11 is 4.87. The second-order valence-corrected chi connectivity index (χ2v) is 5.06. The van der Waals surface area contributed by atoms with Gasteiger partial charge in [0.25, 0.3) is 0 Å². The van der Waals surface area contributed by atoms with E-state index >= 15 is 0 Å². The molecule has 2 rings (SSSR count). The number of thiazole rings is 1. The van der Waals surface area contributed by atoms with Crippen molar-refractivity contribution in [3.05, 3.63) is 39.1 Å². The predicted octanol–water partition coefficient (Wildman–Crippen LogP) is 3.63. The van der Waals surface area contributed by atoms with Crippen molar-refractivity contribution < 1.29 is 5.11 Å². The van der Waals surface area contributed by atoms with Gasteiger partial charge in [-0.1, -0.05) is 28.1 Å². The Hall–Kier alpha value is -0.710. The minimum atomic E-state index is -0.487. The standard InChI is InChI=1S/C11H10BrNOS/c1-7(14)11-13-10(6-15-11)8-2-4-9(12)5-3-8/h2-7,14H,1H3. The Labute approximate surface area is 101 Å². The summed E-state index contributed by atoms with van der Waals surface area (Å²) in [4.78, 5) is 4.36. The molecular weight excluding hydrogens is 274 g/mol. The lowest BCUT2D eigenvalue weighted by molar-refractivity contribution is 0.199. The summed E-state index contributed by atoms with van der Waals surface area (Å²) in [6.07, 6.45) is -0.487. The minimum Gasteiger partial charge on any atom is -0.386 e. The number of nitrogens with zero attached hydrogens (tertiary/aromatic N) is 1. The number of hydrogen-bond donors (Lipinski definition) is 1. The van der Waals surface area contributed by atoms with Crippen LogP contribution in [0.5, 0.6) is 0 Å². The fourth-order valence-electron chi connectivity index (χ4n) is 1.23. The van der Waals surface area contributed by atoms with Crippen molar-refractivity contribution in [2.75, 3.05) is 0 Å². The van der Waals surface area contributed by atoms with E-state index in [4.69, 9.17) is 0 Å². The van der Waals surface area contributed by atoms with Crippen molar-refractivity contribution in [3.8, 4) is 11.3 Å². The fraction of sp³-hybridized carbons (Fsp3) is 0.182. The molecule has 15 heavy (non-hydrogen) atoms. The Kier molecular flexibility index (Phi) is 3.19. The molecule has 0 fully saturated rings. The van der Waals surface area contributed by atoms with Gasteiger partial charge in [0.2, 0.25) is 0 Å². The van der Waals surface area contributed by atoms with Crippen LogP contribution in [0.2, 0.25) is 0 Å². The normalized spacial score (nSPS) is 12.7. The molecule has 1 unspecified atom stereocenters. The van der Waals surface area contributed by atoms with Gasteiger partial charge in [0.15, 0.2) is 0 Å². The summed E-state index contributed by atoms with van der Waals surface area (Å²) in [6.45, 7) is 1.73. The van der Waals surface area contributed by atoms with E-state index in [1.54, 1.807) is 6.92 Å². The molecule has 2 aromatic rings. The average Bonchev–Trinajstić information content (AvgIpc) is 2.68. The molecule has 0 saturated carbocycles. The second-order valence-electron chi connectivity index (χ2n) is 3.25. The molecule has 0 radical (unpaired) electrons. The van der Waals surface area contributed by atoms with Crippen LogP contribution in [0.25, 0.3) is 11.3 Å². The highest BCUT2D eigenvalue weighted by atomic mass is 79.9. The SMILES string of the molecule is CC(O)c1nc(-c2ccc(Br)cc2)cs1. The van der Waals surface area contributed by atoms with Crippen LogP contribution >= 0.6 is 27.3 Å². The zero-order valence-electron chi connectivity index (χ0n) is 8.14. The number of hydrogen-bond acceptors (Lipinski definition) is 3. The number of aliphatic hydroxyl groups is 1. The van der Waals surface area contributed by atoms with Gasteiger partial charge in [-0.25, -0.2) is 4.98 Å². The van der Waals surface area contributed by atoms with E-state index in [9.17, 15) is 5.11 Å². The second kappa shape index (κ2) is 4.43. The molecule has 1 heterocycles. The van der Waals surface area contributed by atoms with Gasteiger partial charge in [-0.3, -0.25) is 0 Å². The highest BCUT2D eigenvalue weighted by molar-refractivity contribution is 9.10. The third-order valence-corrected chi connectivity index (χ3v) is 3.56. The molecule has 1 atom stereocenters. The zero-order valence-corrected chi connectivity index (χ0v) is 10.5. The first-order chi connectivity index (χ1) is 7.16. The van der Waals surface area contributed by atoms with Gasteiger partial charge >= 0.3 is 0 Å². The minimum absolute atomic E-state index is 0.487. The van der Waals surface area contributed by atoms with Crippen molar-refractivity contribution in [2.45, 2.75) is 13.0 Å². The highest BCUT2D eigenvalue weighted by Gasteiger charge is 2.08. The highest BCUT2D eigenvalue weighted by Crippen LogP contribution is 2.26. The van der Waals surface area contributed by atoms with Crippen LogP contribution in [0.3, 0.4) is 0 Å². The number of benzene rings is 1. The van der Waals surface area contributed by atoms with Crippen LogP contribution in [-0.2, 0) is 0 Å². The molecule has 0 bridgehead atoms. The average molecular weight is 284 g/mol. The number of rotatable bonds is 2. The van der Waals surface area contributed by atoms with E-state index in [2.05, 4.69) is 20.9 Å². The first kappa shape index (κ1) is 10.8. The lowest BCUT2D eigenvalue weighted by Crippen LogP contribution is -1.88. The molecule has 0 spiro atoms. The van der Waals surface area contributed by atoms with E-state index in [1.807, 2.05) is 29.6 Å². The maximum atomic E-state index is 9.37. The number of halogens is 1. The Morgan fingerprint density at radius 3 is 2.53 bits per heavy atom. The lowest BCUT2D eigenvalue weighted by Gasteiger charge is -1.98. The van der Waals surface area contributed by atoms with Crippen LogP contribution in [0.4, 0.5) is 0 Å². The maximum Gasteiger partial charge on any atom is 0.122 e. The smallest absolute Gasteiger partial charge is 0.122 e. The van der Waals surface area contributed by atoms with Crippen molar-refractivity contribution in [3.63, 3.8) is 0 Å². The van der Waals surface area contributed by atoms with Gasteiger partial charge in [0.05, 0.1) is 5.69 Å². The summed E-state index contributed by atoms with van der Waals surface area (Å²) in [5, 5.41) is 12.1. The van der Waals surface area contributed by atoms with E-state index in [0.717, 1.165) is 20.7 Å². The van der Waals surface area contributed by atoms with E-state index < -0.39 is 6.10 Å². The first-order valence-electron chi connectivity index (χ1n) is 4.56. The van der Waals surface area contributed by atoms with Crippen molar-refractivity contribution in [2.24, 2.45) is 0 Å². The molecule has 0 amide bonds. The monoisotopic (exact) mass is 283 g/mol. The predicted molar refractivity (Wildman–Crippen MR) is 65.9 cm³/mol. The molecule has 1 aromatic carbocycles. The number of aliphatic hydroxyl groups excluding tert-OH is 1. The van der Waals surface area contributed by atoms with Crippen LogP contribution in [0, 0.1) is 0 Å². The summed E-state index contributed by atoms with van der Waals surface area (Å²) < 4.78 is 1.05. The molecule has 0 saturated heterocycles. The van der Waals surface area contributed by atoms with Gasteiger partial charge in [0, 0.05) is 15.4 Å². The first-order valence-corrected chi connectivity index (χ1v) is 6.23. The summed E-state index contributed by atoms with van der Waals surface area (Å²) in [5.41, 5.74) is 1.99. The lowest BCUT2D eigenvalue weighted by atomic mass is 10.2. The molecule has 78 valence electrons. The molecule has 1 aromatic heterocycles. The van der Waals surface area contributed by atoms with Gasteiger partial charge in [-0.05, 0) is 19.1 Å². The van der Waals surface area contributed by atoms with Gasteiger partial charge < -0.3 is 5.11 Å². The van der Waals surface area contributed by atoms with Gasteiger partial charge in [0.1, 0.15) is 11.1 Å². The quantitative estimate of drug-likeness (QED) is 0.913. The molecule has 2 nitrogen and oxygen atoms in total. The van der Waals surface area contributed by atoms with E-state index in [0.29, 0.717) is 0 Å². The van der Waals surface area contributed by atoms with Gasteiger partial charge in [-0.15, -0.1) is 11.3 Å². The summed E-state index contributed by atoms with van der Waals surface area (Å²) in [6, 6.07) is 7.98.